The van der Waals surface area contributed by atoms with Crippen LogP contribution >= 0.6 is 0 Å². The van der Waals surface area contributed by atoms with Crippen LogP contribution in [0.2, 0.25) is 0 Å². The Bertz CT molecular complexity index is 268. The molecule has 1 aromatic rings. The van der Waals surface area contributed by atoms with Gasteiger partial charge in [0.15, 0.2) is 5.16 Å². The van der Waals surface area contributed by atoms with Gasteiger partial charge < -0.3 is 10.3 Å². The van der Waals surface area contributed by atoms with Crippen LogP contribution in [0, 0.1) is 0 Å². The highest BCUT2D eigenvalue weighted by Crippen LogP contribution is 2.06. The zero-order valence-corrected chi connectivity index (χ0v) is 6.68. The Labute approximate surface area is 61.5 Å². The Kier molecular flexibility index (Phi) is 1.76. The molecule has 0 saturated carbocycles. The number of imidazole rings is 1. The molecule has 0 fully saturated rings. The van der Waals surface area contributed by atoms with Crippen LogP contribution in [0.15, 0.2) is 11.4 Å². The molecule has 1 rings (SSSR count). The largest absolute Gasteiger partial charge is 0.384 e. The van der Waals surface area contributed by atoms with Crippen molar-refractivity contribution in [2.45, 2.75) is 5.16 Å². The van der Waals surface area contributed by atoms with Crippen molar-refractivity contribution in [1.82, 2.24) is 9.55 Å². The summed E-state index contributed by atoms with van der Waals surface area (Å²) in [5.74, 6) is 0.533. The van der Waals surface area contributed by atoms with E-state index in [9.17, 15) is 4.21 Å². The molecule has 1 atom stereocenters. The minimum Gasteiger partial charge on any atom is -0.384 e. The van der Waals surface area contributed by atoms with Gasteiger partial charge in [-0.25, -0.2) is 4.98 Å². The second kappa shape index (κ2) is 2.42. The number of rotatable bonds is 1. The molecule has 2 N–H and O–H groups in total. The van der Waals surface area contributed by atoms with Gasteiger partial charge in [-0.2, -0.15) is 0 Å². The van der Waals surface area contributed by atoms with Gasteiger partial charge in [-0.3, -0.25) is 4.21 Å². The maximum absolute atomic E-state index is 10.9. The van der Waals surface area contributed by atoms with Crippen molar-refractivity contribution in [2.24, 2.45) is 7.05 Å². The van der Waals surface area contributed by atoms with Crippen LogP contribution in [0.3, 0.4) is 0 Å². The van der Waals surface area contributed by atoms with Gasteiger partial charge in [0, 0.05) is 13.3 Å². The SMILES string of the molecule is Cn1c(N)cnc1S(C)=O. The van der Waals surface area contributed by atoms with Gasteiger partial charge in [0.25, 0.3) is 0 Å². The van der Waals surface area contributed by atoms with Crippen LogP contribution in [0.5, 0.6) is 0 Å². The second-order valence-electron chi connectivity index (χ2n) is 1.98. The number of nitrogens with zero attached hydrogens (tertiary/aromatic N) is 2. The number of anilines is 1. The zero-order valence-electron chi connectivity index (χ0n) is 5.87. The Morgan fingerprint density at radius 1 is 1.80 bits per heavy atom. The molecule has 5 heteroatoms. The van der Waals surface area contributed by atoms with Crippen molar-refractivity contribution in [1.29, 1.82) is 0 Å². The molecule has 0 saturated heterocycles. The van der Waals surface area contributed by atoms with Gasteiger partial charge in [0.2, 0.25) is 0 Å². The highest BCUT2D eigenvalue weighted by Gasteiger charge is 2.05. The summed E-state index contributed by atoms with van der Waals surface area (Å²) in [6.07, 6.45) is 3.07. The molecule has 0 bridgehead atoms. The fourth-order valence-electron chi connectivity index (χ4n) is 0.672. The second-order valence-corrected chi connectivity index (χ2v) is 3.25. The average Bonchev–Trinajstić information content (AvgIpc) is 2.14. The zero-order chi connectivity index (χ0) is 7.72. The van der Waals surface area contributed by atoms with Crippen molar-refractivity contribution in [3.63, 3.8) is 0 Å². The van der Waals surface area contributed by atoms with Gasteiger partial charge in [-0.15, -0.1) is 0 Å². The monoisotopic (exact) mass is 159 g/mol. The third-order valence-corrected chi connectivity index (χ3v) is 2.13. The first kappa shape index (κ1) is 7.27. The van der Waals surface area contributed by atoms with E-state index in [4.69, 9.17) is 5.73 Å². The van der Waals surface area contributed by atoms with E-state index in [0.717, 1.165) is 0 Å². The van der Waals surface area contributed by atoms with Crippen LogP contribution in [0.4, 0.5) is 5.82 Å². The van der Waals surface area contributed by atoms with Gasteiger partial charge in [-0.1, -0.05) is 0 Å². The number of nitrogens with two attached hydrogens (primary N) is 1. The lowest BCUT2D eigenvalue weighted by atomic mass is 10.8. The molecule has 0 aliphatic carbocycles. The fourth-order valence-corrected chi connectivity index (χ4v) is 1.36. The predicted molar refractivity (Wildman–Crippen MR) is 40.0 cm³/mol. The van der Waals surface area contributed by atoms with Crippen molar-refractivity contribution >= 4 is 16.6 Å². The van der Waals surface area contributed by atoms with E-state index in [2.05, 4.69) is 4.98 Å². The summed E-state index contributed by atoms with van der Waals surface area (Å²) in [4.78, 5) is 3.85. The summed E-state index contributed by atoms with van der Waals surface area (Å²) in [5, 5.41) is 0.512. The molecule has 1 heterocycles. The molecule has 0 aromatic carbocycles. The minimum atomic E-state index is -1.05. The smallest absolute Gasteiger partial charge is 0.200 e. The molecule has 4 nitrogen and oxygen atoms in total. The third-order valence-electron chi connectivity index (χ3n) is 1.24. The summed E-state index contributed by atoms with van der Waals surface area (Å²) >= 11 is 0. The van der Waals surface area contributed by atoms with Crippen molar-refractivity contribution < 1.29 is 4.21 Å². The van der Waals surface area contributed by atoms with Crippen LogP contribution < -0.4 is 5.73 Å². The van der Waals surface area contributed by atoms with Crippen LogP contribution in [0.25, 0.3) is 0 Å². The molecule has 0 amide bonds. The summed E-state index contributed by atoms with van der Waals surface area (Å²) in [5.41, 5.74) is 5.44. The molecule has 56 valence electrons. The maximum atomic E-state index is 10.9. The van der Waals surface area contributed by atoms with Gasteiger partial charge in [0.05, 0.1) is 17.0 Å². The topological polar surface area (TPSA) is 60.9 Å². The van der Waals surface area contributed by atoms with Gasteiger partial charge in [0.1, 0.15) is 5.82 Å². The van der Waals surface area contributed by atoms with E-state index in [1.54, 1.807) is 17.9 Å². The maximum Gasteiger partial charge on any atom is 0.200 e. The van der Waals surface area contributed by atoms with Crippen molar-refractivity contribution in [2.75, 3.05) is 12.0 Å². The van der Waals surface area contributed by atoms with Crippen LogP contribution in [0.1, 0.15) is 0 Å². The summed E-state index contributed by atoms with van der Waals surface area (Å²) < 4.78 is 12.5. The lowest BCUT2D eigenvalue weighted by molar-refractivity contribution is 0.670. The lowest BCUT2D eigenvalue weighted by Gasteiger charge is -1.96. The normalized spacial score (nSPS) is 13.4. The third kappa shape index (κ3) is 1.04. The van der Waals surface area contributed by atoms with Crippen molar-refractivity contribution in [3.8, 4) is 0 Å². The molecular weight excluding hydrogens is 150 g/mol. The number of hydrogen-bond acceptors (Lipinski definition) is 3. The predicted octanol–water partition coefficient (Wildman–Crippen LogP) is -0.260. The number of hydrogen-bond donors (Lipinski definition) is 1. The van der Waals surface area contributed by atoms with Gasteiger partial charge in [-0.05, 0) is 0 Å². The molecular formula is C5H9N3OS. The minimum absolute atomic E-state index is 0.512. The molecule has 0 radical (unpaired) electrons. The Morgan fingerprint density at radius 2 is 2.40 bits per heavy atom. The highest BCUT2D eigenvalue weighted by molar-refractivity contribution is 7.84. The summed E-state index contributed by atoms with van der Waals surface area (Å²) in [6, 6.07) is 0. The molecule has 0 aliphatic heterocycles. The first-order chi connectivity index (χ1) is 4.63. The van der Waals surface area contributed by atoms with E-state index in [1.165, 1.54) is 6.20 Å². The van der Waals surface area contributed by atoms with E-state index in [0.29, 0.717) is 11.0 Å². The highest BCUT2D eigenvalue weighted by atomic mass is 32.2. The summed E-state index contributed by atoms with van der Waals surface area (Å²) in [6.45, 7) is 0. The standard InChI is InChI=1S/C5H9N3OS/c1-8-4(6)3-7-5(8)10(2)9/h3H,6H2,1-2H3. The van der Waals surface area contributed by atoms with Crippen LogP contribution in [-0.4, -0.2) is 20.0 Å². The molecule has 10 heavy (non-hydrogen) atoms. The Hall–Kier alpha value is -0.840. The summed E-state index contributed by atoms with van der Waals surface area (Å²) in [7, 11) is 0.687. The quantitative estimate of drug-likeness (QED) is 0.614. The van der Waals surface area contributed by atoms with E-state index >= 15 is 0 Å². The van der Waals surface area contributed by atoms with Crippen molar-refractivity contribution in [3.05, 3.63) is 6.20 Å². The number of aromatic nitrogens is 2. The van der Waals surface area contributed by atoms with E-state index < -0.39 is 10.8 Å². The molecule has 1 aromatic heterocycles. The van der Waals surface area contributed by atoms with E-state index in [1.807, 2.05) is 0 Å². The van der Waals surface area contributed by atoms with E-state index in [-0.39, 0.29) is 0 Å². The Balaban J connectivity index is 3.17. The van der Waals surface area contributed by atoms with Gasteiger partial charge >= 0.3 is 0 Å². The molecule has 1 unspecified atom stereocenters. The molecule has 0 aliphatic rings. The first-order valence-electron chi connectivity index (χ1n) is 2.73. The lowest BCUT2D eigenvalue weighted by Crippen LogP contribution is -2.02. The Morgan fingerprint density at radius 3 is 2.60 bits per heavy atom. The first-order valence-corrected chi connectivity index (χ1v) is 4.29. The number of nitrogen functional groups attached to an aromatic ring is 1. The molecule has 0 spiro atoms. The fraction of sp³-hybridized carbons (Fsp3) is 0.400. The average molecular weight is 159 g/mol. The van der Waals surface area contributed by atoms with Crippen LogP contribution in [-0.2, 0) is 17.8 Å².